The lowest BCUT2D eigenvalue weighted by Crippen LogP contribution is -2.24. The van der Waals surface area contributed by atoms with Crippen LogP contribution >= 0.6 is 34.9 Å². The van der Waals surface area contributed by atoms with E-state index in [9.17, 15) is 4.39 Å². The largest absolute Gasteiger partial charge is 0.327 e. The second-order valence-corrected chi connectivity index (χ2v) is 5.16. The number of fused-ring (bicyclic) bond motifs is 1. The van der Waals surface area contributed by atoms with Gasteiger partial charge < -0.3 is 4.90 Å². The molecule has 1 aliphatic rings. The van der Waals surface area contributed by atoms with Crippen LogP contribution in [-0.4, -0.2) is 19.6 Å². The van der Waals surface area contributed by atoms with Crippen LogP contribution in [0, 0.1) is 0 Å². The van der Waals surface area contributed by atoms with Crippen molar-refractivity contribution in [3.63, 3.8) is 0 Å². The van der Waals surface area contributed by atoms with E-state index in [4.69, 9.17) is 11.6 Å². The van der Waals surface area contributed by atoms with Gasteiger partial charge in [-0.25, -0.2) is 8.79 Å². The molecular weight excluding hydrogens is 231 g/mol. The van der Waals surface area contributed by atoms with Crippen LogP contribution in [0.1, 0.15) is 0 Å². The molecule has 0 amide bonds. The Labute approximate surface area is 88.5 Å². The molecule has 0 spiro atoms. The first-order valence-electron chi connectivity index (χ1n) is 3.63. The van der Waals surface area contributed by atoms with E-state index in [1.165, 1.54) is 23.3 Å². The molecule has 0 aromatic carbocycles. The SMILES string of the molecule is FCCN1C=NSc2sc(Cl)cc21. The summed E-state index contributed by atoms with van der Waals surface area (Å²) in [4.78, 5) is 1.77. The Hall–Kier alpha value is -0.260. The molecule has 0 bridgehead atoms. The smallest absolute Gasteiger partial charge is 0.108 e. The van der Waals surface area contributed by atoms with Gasteiger partial charge in [0.1, 0.15) is 17.2 Å². The number of hydrogen-bond donors (Lipinski definition) is 0. The van der Waals surface area contributed by atoms with Crippen LogP contribution in [0.3, 0.4) is 0 Å². The lowest BCUT2D eigenvalue weighted by molar-refractivity contribution is 0.503. The Morgan fingerprint density at radius 2 is 2.46 bits per heavy atom. The van der Waals surface area contributed by atoms with E-state index in [-0.39, 0.29) is 6.67 Å². The Morgan fingerprint density at radius 3 is 3.23 bits per heavy atom. The summed E-state index contributed by atoms with van der Waals surface area (Å²) in [7, 11) is 0. The molecule has 0 saturated heterocycles. The molecule has 2 heterocycles. The van der Waals surface area contributed by atoms with Crippen LogP contribution in [0.4, 0.5) is 10.1 Å². The van der Waals surface area contributed by atoms with E-state index in [0.717, 1.165) is 9.90 Å². The summed E-state index contributed by atoms with van der Waals surface area (Å²) in [5.74, 6) is 0. The maximum atomic E-state index is 12.1. The van der Waals surface area contributed by atoms with E-state index in [2.05, 4.69) is 4.40 Å². The number of nitrogens with zero attached hydrogens (tertiary/aromatic N) is 2. The summed E-state index contributed by atoms with van der Waals surface area (Å²) in [6.07, 6.45) is 1.63. The molecule has 1 aromatic rings. The van der Waals surface area contributed by atoms with Crippen LogP contribution in [0.2, 0.25) is 4.34 Å². The molecule has 2 rings (SSSR count). The van der Waals surface area contributed by atoms with Crippen LogP contribution in [0.5, 0.6) is 0 Å². The third-order valence-electron chi connectivity index (χ3n) is 1.61. The first-order valence-corrected chi connectivity index (χ1v) is 5.60. The Balaban J connectivity index is 2.30. The highest BCUT2D eigenvalue weighted by atomic mass is 35.5. The fourth-order valence-corrected chi connectivity index (χ4v) is 3.24. The maximum Gasteiger partial charge on any atom is 0.108 e. The van der Waals surface area contributed by atoms with E-state index in [0.29, 0.717) is 10.9 Å². The molecule has 13 heavy (non-hydrogen) atoms. The van der Waals surface area contributed by atoms with Crippen LogP contribution in [0.15, 0.2) is 14.7 Å². The summed E-state index contributed by atoms with van der Waals surface area (Å²) in [6, 6.07) is 1.84. The van der Waals surface area contributed by atoms with Crippen molar-refractivity contribution in [1.82, 2.24) is 0 Å². The normalized spacial score (nSPS) is 14.8. The van der Waals surface area contributed by atoms with E-state index >= 15 is 0 Å². The molecule has 2 nitrogen and oxygen atoms in total. The average molecular weight is 237 g/mol. The predicted molar refractivity (Wildman–Crippen MR) is 57.0 cm³/mol. The van der Waals surface area contributed by atoms with Gasteiger partial charge in [0.15, 0.2) is 0 Å². The van der Waals surface area contributed by atoms with Crippen molar-refractivity contribution in [3.05, 3.63) is 10.4 Å². The summed E-state index contributed by atoms with van der Waals surface area (Å²) in [6.45, 7) is -0.0479. The standard InChI is InChI=1S/C7H6ClFN2S2/c8-6-3-5-7(12-6)13-10-4-11(5)2-1-9/h3-4H,1-2H2. The molecule has 0 radical (unpaired) electrons. The zero-order valence-electron chi connectivity index (χ0n) is 6.54. The highest BCUT2D eigenvalue weighted by Crippen LogP contribution is 2.42. The third-order valence-corrected chi connectivity index (χ3v) is 3.70. The Kier molecular flexibility index (Phi) is 2.76. The summed E-state index contributed by atoms with van der Waals surface area (Å²) >= 11 is 8.69. The zero-order chi connectivity index (χ0) is 9.26. The second kappa shape index (κ2) is 3.86. The van der Waals surface area contributed by atoms with E-state index < -0.39 is 0 Å². The topological polar surface area (TPSA) is 15.6 Å². The van der Waals surface area contributed by atoms with Crippen molar-refractivity contribution in [3.8, 4) is 0 Å². The van der Waals surface area contributed by atoms with Gasteiger partial charge in [-0.2, -0.15) is 0 Å². The molecule has 6 heteroatoms. The number of anilines is 1. The van der Waals surface area contributed by atoms with Crippen LogP contribution < -0.4 is 4.90 Å². The van der Waals surface area contributed by atoms with Gasteiger partial charge in [0.25, 0.3) is 0 Å². The maximum absolute atomic E-state index is 12.1. The van der Waals surface area contributed by atoms with Gasteiger partial charge in [-0.05, 0) is 6.07 Å². The molecule has 0 unspecified atom stereocenters. The van der Waals surface area contributed by atoms with Gasteiger partial charge in [0.05, 0.1) is 16.6 Å². The minimum Gasteiger partial charge on any atom is -0.327 e. The fourth-order valence-electron chi connectivity index (χ4n) is 1.06. The number of hydrogen-bond acceptors (Lipinski definition) is 4. The fraction of sp³-hybridized carbons (Fsp3) is 0.286. The van der Waals surface area contributed by atoms with Crippen molar-refractivity contribution in [2.75, 3.05) is 18.1 Å². The van der Waals surface area contributed by atoms with Gasteiger partial charge in [-0.3, -0.25) is 0 Å². The first-order chi connectivity index (χ1) is 6.31. The second-order valence-electron chi connectivity index (χ2n) is 2.42. The third kappa shape index (κ3) is 1.82. The highest BCUT2D eigenvalue weighted by Gasteiger charge is 2.17. The molecule has 0 saturated carbocycles. The number of halogens is 2. The van der Waals surface area contributed by atoms with Crippen LogP contribution in [0.25, 0.3) is 0 Å². The average Bonchev–Trinajstić information content (AvgIpc) is 2.47. The number of rotatable bonds is 2. The molecule has 0 fully saturated rings. The number of alkyl halides is 1. The Morgan fingerprint density at radius 1 is 1.62 bits per heavy atom. The zero-order valence-corrected chi connectivity index (χ0v) is 8.92. The quantitative estimate of drug-likeness (QED) is 0.733. The van der Waals surface area contributed by atoms with Crippen LogP contribution in [-0.2, 0) is 0 Å². The summed E-state index contributed by atoms with van der Waals surface area (Å²) in [5.41, 5.74) is 0.965. The molecule has 0 aliphatic carbocycles. The molecular formula is C7H6ClFN2S2. The Bertz CT molecular complexity index is 339. The first kappa shape index (κ1) is 9.30. The van der Waals surface area contributed by atoms with Gasteiger partial charge in [0.2, 0.25) is 0 Å². The minimum absolute atomic E-state index is 0.337. The molecule has 0 atom stereocenters. The van der Waals surface area contributed by atoms with Crippen molar-refractivity contribution >= 4 is 46.9 Å². The highest BCUT2D eigenvalue weighted by molar-refractivity contribution is 8.00. The van der Waals surface area contributed by atoms with Gasteiger partial charge in [-0.1, -0.05) is 11.6 Å². The van der Waals surface area contributed by atoms with Crippen molar-refractivity contribution in [1.29, 1.82) is 0 Å². The van der Waals surface area contributed by atoms with Crippen molar-refractivity contribution in [2.45, 2.75) is 4.21 Å². The van der Waals surface area contributed by atoms with Gasteiger partial charge in [-0.15, -0.1) is 11.3 Å². The minimum atomic E-state index is -0.385. The van der Waals surface area contributed by atoms with E-state index in [1.54, 1.807) is 11.2 Å². The molecule has 0 N–H and O–H groups in total. The van der Waals surface area contributed by atoms with Gasteiger partial charge in [0, 0.05) is 11.9 Å². The van der Waals surface area contributed by atoms with Crippen molar-refractivity contribution < 1.29 is 4.39 Å². The lowest BCUT2D eigenvalue weighted by atomic mass is 10.4. The van der Waals surface area contributed by atoms with Crippen molar-refractivity contribution in [2.24, 2.45) is 4.40 Å². The number of thiophene rings is 1. The monoisotopic (exact) mass is 236 g/mol. The summed E-state index contributed by atoms with van der Waals surface area (Å²) < 4.78 is 17.9. The van der Waals surface area contributed by atoms with E-state index in [1.807, 2.05) is 6.07 Å². The summed E-state index contributed by atoms with van der Waals surface area (Å²) in [5, 5.41) is 0. The molecule has 1 aliphatic heterocycles. The molecule has 70 valence electrons. The predicted octanol–water partition coefficient (Wildman–Crippen LogP) is 3.23. The van der Waals surface area contributed by atoms with Gasteiger partial charge >= 0.3 is 0 Å². The molecule has 1 aromatic heterocycles. The lowest BCUT2D eigenvalue weighted by Gasteiger charge is -2.20.